The number of thiol groups is 1. The maximum absolute atomic E-state index is 12.3. The lowest BCUT2D eigenvalue weighted by molar-refractivity contribution is -0.158. The van der Waals surface area contributed by atoms with Gasteiger partial charge in [-0.1, -0.05) is 6.92 Å². The van der Waals surface area contributed by atoms with Crippen LogP contribution in [0.15, 0.2) is 0 Å². The number of carbonyl (C=O) groups excluding carboxylic acids is 3. The molecular weight excluding hydrogens is 448 g/mol. The highest BCUT2D eigenvalue weighted by Gasteiger charge is 2.48. The normalized spacial score (nSPS) is 28.7. The van der Waals surface area contributed by atoms with Crippen molar-refractivity contribution in [1.29, 1.82) is 0 Å². The first-order valence-electron chi connectivity index (χ1n) is 11.6. The number of rotatable bonds is 9. The van der Waals surface area contributed by atoms with Crippen molar-refractivity contribution in [2.75, 3.05) is 26.5 Å². The van der Waals surface area contributed by atoms with Gasteiger partial charge in [-0.2, -0.15) is 12.6 Å². The Labute approximate surface area is 201 Å². The van der Waals surface area contributed by atoms with Crippen molar-refractivity contribution < 1.29 is 33.8 Å². The lowest BCUT2D eigenvalue weighted by Gasteiger charge is -2.55. The molecule has 4 aliphatic carbocycles. The Morgan fingerprint density at radius 3 is 1.94 bits per heavy atom. The highest BCUT2D eigenvalue weighted by molar-refractivity contribution is 7.80. The molecule has 4 saturated carbocycles. The van der Waals surface area contributed by atoms with E-state index in [1.54, 1.807) is 6.92 Å². The molecule has 4 fully saturated rings. The van der Waals surface area contributed by atoms with E-state index in [0.29, 0.717) is 5.54 Å². The van der Waals surface area contributed by atoms with Crippen LogP contribution in [0.3, 0.4) is 0 Å². The molecule has 9 nitrogen and oxygen atoms in total. The molecule has 0 spiro atoms. The third-order valence-electron chi connectivity index (χ3n) is 7.07. The number of methoxy groups -OCH3 is 2. The maximum atomic E-state index is 12.3. The molecule has 0 aromatic carbocycles. The second-order valence-corrected chi connectivity index (χ2v) is 10.2. The summed E-state index contributed by atoms with van der Waals surface area (Å²) in [5.41, 5.74) is 6.62. The van der Waals surface area contributed by atoms with Crippen LogP contribution in [0.5, 0.6) is 0 Å². The molecule has 4 rings (SSSR count). The van der Waals surface area contributed by atoms with E-state index in [-0.39, 0.29) is 18.6 Å². The summed E-state index contributed by atoms with van der Waals surface area (Å²) in [5, 5.41) is 8.96. The molecule has 10 heteroatoms. The fraction of sp³-hybridized carbons (Fsp3) is 0.826. The van der Waals surface area contributed by atoms with Crippen molar-refractivity contribution in [3.05, 3.63) is 0 Å². The molecule has 188 valence electrons. The number of carbonyl (C=O) groups is 4. The fourth-order valence-electron chi connectivity index (χ4n) is 5.92. The average Bonchev–Trinajstić information content (AvgIpc) is 2.75. The Kier molecular flexibility index (Phi) is 10.0. The van der Waals surface area contributed by atoms with Crippen molar-refractivity contribution in [2.24, 2.45) is 29.4 Å². The lowest BCUT2D eigenvalue weighted by atomic mass is 9.53. The summed E-state index contributed by atoms with van der Waals surface area (Å²) < 4.78 is 9.09. The molecule has 0 saturated heterocycles. The van der Waals surface area contributed by atoms with Crippen molar-refractivity contribution >= 4 is 36.4 Å². The van der Waals surface area contributed by atoms with Gasteiger partial charge in [-0.15, -0.1) is 0 Å². The predicted octanol–water partition coefficient (Wildman–Crippen LogP) is 1.87. The van der Waals surface area contributed by atoms with Crippen LogP contribution < -0.4 is 5.73 Å². The Hall–Kier alpha value is -1.81. The van der Waals surface area contributed by atoms with Crippen LogP contribution in [0.2, 0.25) is 0 Å². The van der Waals surface area contributed by atoms with Gasteiger partial charge in [0.05, 0.1) is 14.2 Å². The van der Waals surface area contributed by atoms with Crippen molar-refractivity contribution in [2.45, 2.75) is 69.9 Å². The molecule has 0 aliphatic heterocycles. The Balaban J connectivity index is 0.000000283. The minimum absolute atomic E-state index is 0.0857. The van der Waals surface area contributed by atoms with Crippen LogP contribution >= 0.6 is 12.6 Å². The average molecular weight is 487 g/mol. The van der Waals surface area contributed by atoms with E-state index in [4.69, 9.17) is 10.8 Å². The van der Waals surface area contributed by atoms with Gasteiger partial charge in [-0.05, 0) is 62.7 Å². The number of amides is 1. The van der Waals surface area contributed by atoms with Crippen LogP contribution in [-0.2, 0) is 28.7 Å². The highest BCUT2D eigenvalue weighted by Crippen LogP contribution is 2.54. The second kappa shape index (κ2) is 12.1. The molecule has 0 unspecified atom stereocenters. The molecule has 4 aliphatic rings. The first-order chi connectivity index (χ1) is 15.5. The van der Waals surface area contributed by atoms with E-state index < -0.39 is 42.3 Å². The van der Waals surface area contributed by atoms with Gasteiger partial charge in [0, 0.05) is 23.6 Å². The zero-order valence-electron chi connectivity index (χ0n) is 19.8. The van der Waals surface area contributed by atoms with E-state index in [2.05, 4.69) is 22.1 Å². The van der Waals surface area contributed by atoms with Crippen molar-refractivity contribution in [1.82, 2.24) is 4.90 Å². The van der Waals surface area contributed by atoms with Crippen LogP contribution in [0, 0.1) is 23.7 Å². The second-order valence-electron chi connectivity index (χ2n) is 9.88. The molecule has 0 aromatic heterocycles. The number of ether oxygens (including phenoxy) is 2. The number of carboxylic acids is 1. The van der Waals surface area contributed by atoms with E-state index in [9.17, 15) is 19.2 Å². The minimum atomic E-state index is -1.27. The van der Waals surface area contributed by atoms with Gasteiger partial charge in [0.1, 0.15) is 12.6 Å². The molecular formula is C23H38N2O7S. The zero-order valence-corrected chi connectivity index (χ0v) is 20.7. The summed E-state index contributed by atoms with van der Waals surface area (Å²) in [4.78, 5) is 47.3. The Bertz CT molecular complexity index is 694. The van der Waals surface area contributed by atoms with Gasteiger partial charge in [0.15, 0.2) is 0 Å². The smallest absolute Gasteiger partial charge is 0.328 e. The quantitative estimate of drug-likeness (QED) is 0.332. The zero-order chi connectivity index (χ0) is 24.8. The first-order valence-corrected chi connectivity index (χ1v) is 12.2. The molecule has 33 heavy (non-hydrogen) atoms. The number of nitrogens with two attached hydrogens (primary N) is 1. The van der Waals surface area contributed by atoms with Gasteiger partial charge in [0.25, 0.3) is 0 Å². The number of carboxylic acid groups (broad SMARTS) is 1. The summed E-state index contributed by atoms with van der Waals surface area (Å²) >= 11 is 4.00. The van der Waals surface area contributed by atoms with Crippen LogP contribution in [-0.4, -0.2) is 71.9 Å². The lowest BCUT2D eigenvalue weighted by Crippen LogP contribution is -2.55. The van der Waals surface area contributed by atoms with E-state index >= 15 is 0 Å². The fourth-order valence-corrected chi connectivity index (χ4v) is 6.08. The van der Waals surface area contributed by atoms with Crippen LogP contribution in [0.1, 0.15) is 58.3 Å². The van der Waals surface area contributed by atoms with Gasteiger partial charge in [0.2, 0.25) is 5.91 Å². The molecule has 4 bridgehead atoms. The summed E-state index contributed by atoms with van der Waals surface area (Å²) in [6.07, 6.45) is 8.34. The number of esters is 2. The third-order valence-corrected chi connectivity index (χ3v) is 7.62. The highest BCUT2D eigenvalue weighted by atomic mass is 32.1. The SMILES string of the molecule is COC(=O)CC[C@@H](C(=O)OC)N(CC(=O)O)C(=O)[C@H](C)CS.NC12CC3CC(CC(C3)C1)C2. The van der Waals surface area contributed by atoms with Gasteiger partial charge in [-0.25, -0.2) is 4.79 Å². The third kappa shape index (κ3) is 7.60. The van der Waals surface area contributed by atoms with Gasteiger partial charge < -0.3 is 25.2 Å². The summed E-state index contributed by atoms with van der Waals surface area (Å²) in [7, 11) is 2.32. The van der Waals surface area contributed by atoms with Gasteiger partial charge >= 0.3 is 17.9 Å². The van der Waals surface area contributed by atoms with Crippen LogP contribution in [0.4, 0.5) is 0 Å². The molecule has 0 heterocycles. The monoisotopic (exact) mass is 486 g/mol. The predicted molar refractivity (Wildman–Crippen MR) is 125 cm³/mol. The standard InChI is InChI=1S/C13H21NO7S.C10H17N/c1-8(7-22)12(18)14(6-10(15)16)9(13(19)21-3)4-5-11(17)20-2;11-10-4-7-1-8(5-10)3-9(2-7)6-10/h8-9,22H,4-7H2,1-3H3,(H,15,16);7-9H,1-6,11H2/t8-,9+;/m1./s1. The Morgan fingerprint density at radius 1 is 1.06 bits per heavy atom. The summed E-state index contributed by atoms with van der Waals surface area (Å²) in [5.74, 6) is -0.496. The first kappa shape index (κ1) is 27.4. The number of hydrogen-bond donors (Lipinski definition) is 3. The largest absolute Gasteiger partial charge is 0.480 e. The Morgan fingerprint density at radius 2 is 1.58 bits per heavy atom. The number of nitrogens with zero attached hydrogens (tertiary/aromatic N) is 1. The van der Waals surface area contributed by atoms with Crippen molar-refractivity contribution in [3.8, 4) is 0 Å². The van der Waals surface area contributed by atoms with Crippen molar-refractivity contribution in [3.63, 3.8) is 0 Å². The maximum Gasteiger partial charge on any atom is 0.328 e. The van der Waals surface area contributed by atoms with Gasteiger partial charge in [-0.3, -0.25) is 14.4 Å². The topological polar surface area (TPSA) is 136 Å². The van der Waals surface area contributed by atoms with E-state index in [1.807, 2.05) is 0 Å². The summed E-state index contributed by atoms with van der Waals surface area (Å²) in [6, 6.07) is -1.17. The molecule has 2 atom stereocenters. The van der Waals surface area contributed by atoms with Crippen LogP contribution in [0.25, 0.3) is 0 Å². The van der Waals surface area contributed by atoms with E-state index in [1.165, 1.54) is 45.6 Å². The number of aliphatic carboxylic acids is 1. The van der Waals surface area contributed by atoms with E-state index in [0.717, 1.165) is 29.8 Å². The molecule has 3 N–H and O–H groups in total. The summed E-state index contributed by atoms with van der Waals surface area (Å²) in [6.45, 7) is 0.900. The molecule has 1 amide bonds. The molecule has 0 radical (unpaired) electrons. The number of hydrogen-bond acceptors (Lipinski definition) is 8. The molecule has 0 aromatic rings. The minimum Gasteiger partial charge on any atom is -0.480 e.